The van der Waals surface area contributed by atoms with Gasteiger partial charge in [-0.15, -0.1) is 0 Å². The van der Waals surface area contributed by atoms with E-state index in [2.05, 4.69) is 0 Å². The Bertz CT molecular complexity index is 1270. The number of halogens is 1. The number of nitro benzene ring substituents is 1. The van der Waals surface area contributed by atoms with Crippen molar-refractivity contribution >= 4 is 34.1 Å². The van der Waals surface area contributed by atoms with Gasteiger partial charge in [-0.25, -0.2) is 0 Å². The van der Waals surface area contributed by atoms with Crippen molar-refractivity contribution in [2.45, 2.75) is 13.5 Å². The maximum Gasteiger partial charge on any atom is 0.298 e. The molecular weight excluding hydrogens is 396 g/mol. The number of aromatic nitrogens is 1. The van der Waals surface area contributed by atoms with Gasteiger partial charge in [0.2, 0.25) is 0 Å². The first-order valence-corrected chi connectivity index (χ1v) is 9.08. The van der Waals surface area contributed by atoms with Crippen LogP contribution in [0, 0.1) is 17.0 Å². The van der Waals surface area contributed by atoms with Crippen molar-refractivity contribution in [2.75, 3.05) is 0 Å². The van der Waals surface area contributed by atoms with Crippen LogP contribution < -0.4 is 0 Å². The van der Waals surface area contributed by atoms with Crippen LogP contribution in [0.3, 0.4) is 0 Å². The molecule has 0 amide bonds. The number of benzene rings is 2. The molecule has 146 valence electrons. The minimum atomic E-state index is -0.553. The summed E-state index contributed by atoms with van der Waals surface area (Å²) in [5, 5.41) is 22.1. The van der Waals surface area contributed by atoms with Crippen molar-refractivity contribution in [3.8, 4) is 11.3 Å². The Balaban J connectivity index is 1.81. The number of nitro groups is 1. The van der Waals surface area contributed by atoms with E-state index >= 15 is 0 Å². The summed E-state index contributed by atoms with van der Waals surface area (Å²) in [7, 11) is 0. The number of carbonyl (C=O) groups excluding carboxylic acids is 1. The number of hydrogen-bond donors (Lipinski definition) is 1. The predicted octanol–water partition coefficient (Wildman–Crippen LogP) is 4.95. The van der Waals surface area contributed by atoms with Gasteiger partial charge in [-0.05, 0) is 37.3 Å². The zero-order valence-corrected chi connectivity index (χ0v) is 16.0. The molecule has 0 aliphatic carbocycles. The molecule has 0 saturated carbocycles. The van der Waals surface area contributed by atoms with Crippen molar-refractivity contribution in [3.05, 3.63) is 86.8 Å². The van der Waals surface area contributed by atoms with E-state index in [1.807, 2.05) is 12.1 Å². The van der Waals surface area contributed by atoms with Gasteiger partial charge in [-0.1, -0.05) is 29.8 Å². The van der Waals surface area contributed by atoms with Crippen LogP contribution in [-0.2, 0) is 6.61 Å². The SMILES string of the molecule is Cc1c(CO)c2ccccc2n1C(=O)c1ccc(-c2ccc(Cl)cc2[N+](=O)[O-])o1. The van der Waals surface area contributed by atoms with Gasteiger partial charge in [0.25, 0.3) is 11.6 Å². The molecule has 2 aromatic heterocycles. The molecule has 8 heteroatoms. The highest BCUT2D eigenvalue weighted by Crippen LogP contribution is 2.34. The van der Waals surface area contributed by atoms with E-state index in [1.54, 1.807) is 19.1 Å². The Morgan fingerprint density at radius 3 is 2.69 bits per heavy atom. The first-order chi connectivity index (χ1) is 13.9. The molecule has 0 spiro atoms. The molecule has 0 unspecified atom stereocenters. The highest BCUT2D eigenvalue weighted by molar-refractivity contribution is 6.30. The molecule has 29 heavy (non-hydrogen) atoms. The molecule has 0 atom stereocenters. The Labute approximate surface area is 169 Å². The zero-order valence-electron chi connectivity index (χ0n) is 15.3. The van der Waals surface area contributed by atoms with Crippen molar-refractivity contribution < 1.29 is 19.2 Å². The predicted molar refractivity (Wildman–Crippen MR) is 108 cm³/mol. The van der Waals surface area contributed by atoms with E-state index in [0.29, 0.717) is 16.8 Å². The van der Waals surface area contributed by atoms with E-state index in [4.69, 9.17) is 16.0 Å². The number of carbonyl (C=O) groups is 1. The molecule has 1 N–H and O–H groups in total. The van der Waals surface area contributed by atoms with Gasteiger partial charge in [0.15, 0.2) is 5.76 Å². The van der Waals surface area contributed by atoms with Gasteiger partial charge >= 0.3 is 0 Å². The van der Waals surface area contributed by atoms with Crippen LogP contribution in [0.15, 0.2) is 59.0 Å². The molecular formula is C21H15ClN2O5. The number of aliphatic hydroxyl groups is 1. The Hall–Kier alpha value is -3.42. The van der Waals surface area contributed by atoms with Crippen molar-refractivity contribution in [1.82, 2.24) is 4.57 Å². The van der Waals surface area contributed by atoms with Crippen molar-refractivity contribution in [1.29, 1.82) is 0 Å². The van der Waals surface area contributed by atoms with Gasteiger partial charge in [0.05, 0.1) is 22.6 Å². The molecule has 2 aromatic carbocycles. The normalized spacial score (nSPS) is 11.1. The highest BCUT2D eigenvalue weighted by atomic mass is 35.5. The summed E-state index contributed by atoms with van der Waals surface area (Å²) in [6.45, 7) is 1.55. The third-order valence-corrected chi connectivity index (χ3v) is 5.08. The van der Waals surface area contributed by atoms with E-state index in [0.717, 1.165) is 5.39 Å². The summed E-state index contributed by atoms with van der Waals surface area (Å²) in [6, 6.07) is 14.5. The van der Waals surface area contributed by atoms with Crippen molar-refractivity contribution in [3.63, 3.8) is 0 Å². The van der Waals surface area contributed by atoms with E-state index in [1.165, 1.54) is 34.9 Å². The van der Waals surface area contributed by atoms with Crippen LogP contribution >= 0.6 is 11.6 Å². The molecule has 7 nitrogen and oxygen atoms in total. The second-order valence-electron chi connectivity index (χ2n) is 6.46. The molecule has 0 bridgehead atoms. The van der Waals surface area contributed by atoms with Gasteiger partial charge in [-0.2, -0.15) is 0 Å². The number of aliphatic hydroxyl groups excluding tert-OH is 1. The van der Waals surface area contributed by atoms with Gasteiger partial charge in [-0.3, -0.25) is 19.5 Å². The second-order valence-corrected chi connectivity index (χ2v) is 6.90. The minimum absolute atomic E-state index is 0.0255. The fraction of sp³-hybridized carbons (Fsp3) is 0.0952. The summed E-state index contributed by atoms with van der Waals surface area (Å²) in [4.78, 5) is 24.0. The number of fused-ring (bicyclic) bond motifs is 1. The third kappa shape index (κ3) is 3.10. The van der Waals surface area contributed by atoms with Crippen LogP contribution in [0.25, 0.3) is 22.2 Å². The molecule has 0 saturated heterocycles. The lowest BCUT2D eigenvalue weighted by molar-refractivity contribution is -0.384. The quantitative estimate of drug-likeness (QED) is 0.379. The number of nitrogens with zero attached hydrogens (tertiary/aromatic N) is 2. The van der Waals surface area contributed by atoms with Crippen LogP contribution in [0.4, 0.5) is 5.69 Å². The van der Waals surface area contributed by atoms with Crippen LogP contribution in [0.1, 0.15) is 21.8 Å². The number of hydrogen-bond acceptors (Lipinski definition) is 5. The lowest BCUT2D eigenvalue weighted by Crippen LogP contribution is -2.12. The molecule has 0 aliphatic rings. The first kappa shape index (κ1) is 18.9. The molecule has 0 aliphatic heterocycles. The molecule has 0 fully saturated rings. The van der Waals surface area contributed by atoms with Crippen LogP contribution in [0.5, 0.6) is 0 Å². The number of rotatable bonds is 4. The Morgan fingerprint density at radius 1 is 1.21 bits per heavy atom. The summed E-state index contributed by atoms with van der Waals surface area (Å²) in [5.41, 5.74) is 1.93. The highest BCUT2D eigenvalue weighted by Gasteiger charge is 2.24. The first-order valence-electron chi connectivity index (χ1n) is 8.71. The standard InChI is InChI=1S/C21H15ClN2O5/c1-12-16(11-25)14-4-2-3-5-17(14)23(12)21(26)20-9-8-19(29-20)15-7-6-13(22)10-18(15)24(27)28/h2-10,25H,11H2,1H3. The lowest BCUT2D eigenvalue weighted by Gasteiger charge is -2.05. The third-order valence-electron chi connectivity index (χ3n) is 4.84. The fourth-order valence-electron chi connectivity index (χ4n) is 3.47. The average molecular weight is 411 g/mol. The maximum absolute atomic E-state index is 13.2. The summed E-state index contributed by atoms with van der Waals surface area (Å²) < 4.78 is 7.16. The smallest absolute Gasteiger partial charge is 0.298 e. The largest absolute Gasteiger partial charge is 0.451 e. The number of furan rings is 1. The summed E-state index contributed by atoms with van der Waals surface area (Å²) in [6.07, 6.45) is 0. The Morgan fingerprint density at radius 2 is 1.97 bits per heavy atom. The average Bonchev–Trinajstić information content (AvgIpc) is 3.29. The fourth-order valence-corrected chi connectivity index (χ4v) is 3.63. The van der Waals surface area contributed by atoms with Gasteiger partial charge < -0.3 is 9.52 Å². The van der Waals surface area contributed by atoms with E-state index in [9.17, 15) is 20.0 Å². The van der Waals surface area contributed by atoms with Crippen LogP contribution in [0.2, 0.25) is 5.02 Å². The summed E-state index contributed by atoms with van der Waals surface area (Å²) >= 11 is 5.86. The molecule has 4 aromatic rings. The molecule has 2 heterocycles. The zero-order chi connectivity index (χ0) is 20.7. The maximum atomic E-state index is 13.2. The topological polar surface area (TPSA) is 98.5 Å². The second kappa shape index (κ2) is 7.20. The molecule has 4 rings (SSSR count). The van der Waals surface area contributed by atoms with Crippen molar-refractivity contribution in [2.24, 2.45) is 0 Å². The number of para-hydroxylation sites is 1. The summed E-state index contributed by atoms with van der Waals surface area (Å²) in [5.74, 6) is -0.216. The van der Waals surface area contributed by atoms with E-state index in [-0.39, 0.29) is 34.4 Å². The monoisotopic (exact) mass is 410 g/mol. The van der Waals surface area contributed by atoms with Crippen LogP contribution in [-0.4, -0.2) is 20.5 Å². The minimum Gasteiger partial charge on any atom is -0.451 e. The lowest BCUT2D eigenvalue weighted by atomic mass is 10.1. The van der Waals surface area contributed by atoms with Gasteiger partial charge in [0.1, 0.15) is 5.76 Å². The molecule has 0 radical (unpaired) electrons. The van der Waals surface area contributed by atoms with Gasteiger partial charge in [0, 0.05) is 27.7 Å². The van der Waals surface area contributed by atoms with E-state index < -0.39 is 10.8 Å². The Kier molecular flexibility index (Phi) is 4.70.